The highest BCUT2D eigenvalue weighted by atomic mass is 79.9. The maximum atomic E-state index is 12.4. The van der Waals surface area contributed by atoms with Gasteiger partial charge in [-0.1, -0.05) is 30.3 Å². The number of Topliss-reactive ketones (excluding diaryl/α,β-unsaturated/α-hetero) is 1. The maximum absolute atomic E-state index is 12.4. The summed E-state index contributed by atoms with van der Waals surface area (Å²) >= 11 is 3.34. The highest BCUT2D eigenvalue weighted by Gasteiger charge is 2.21. The molecule has 3 aromatic rings. The first kappa shape index (κ1) is 14.5. The van der Waals surface area contributed by atoms with E-state index in [1.165, 1.54) is 0 Å². The van der Waals surface area contributed by atoms with E-state index in [0.29, 0.717) is 11.3 Å². The highest BCUT2D eigenvalue weighted by molar-refractivity contribution is 9.10. The van der Waals surface area contributed by atoms with Crippen molar-refractivity contribution >= 4 is 44.2 Å². The van der Waals surface area contributed by atoms with Crippen LogP contribution < -0.4 is 5.32 Å². The van der Waals surface area contributed by atoms with Crippen LogP contribution in [0.1, 0.15) is 10.4 Å². The molecule has 0 aliphatic rings. The van der Waals surface area contributed by atoms with Gasteiger partial charge >= 0.3 is 0 Å². The van der Waals surface area contributed by atoms with E-state index in [-0.39, 0.29) is 0 Å². The second-order valence-corrected chi connectivity index (χ2v) is 5.79. The number of halogens is 1. The van der Waals surface area contributed by atoms with E-state index in [9.17, 15) is 9.59 Å². The Morgan fingerprint density at radius 3 is 2.50 bits per heavy atom. The number of aromatic nitrogens is 1. The molecular weight excluding hydrogens is 344 g/mol. The third-order valence-electron chi connectivity index (χ3n) is 3.47. The van der Waals surface area contributed by atoms with E-state index in [1.54, 1.807) is 24.4 Å². The molecule has 1 heterocycles. The number of carbonyl (C=O) groups is 2. The van der Waals surface area contributed by atoms with Crippen LogP contribution in [0, 0.1) is 0 Å². The summed E-state index contributed by atoms with van der Waals surface area (Å²) in [5.74, 6) is -1.20. The van der Waals surface area contributed by atoms with E-state index in [1.807, 2.05) is 41.9 Å². The minimum Gasteiger partial charge on any atom is -0.350 e. The summed E-state index contributed by atoms with van der Waals surface area (Å²) in [4.78, 5) is 24.7. The van der Waals surface area contributed by atoms with Gasteiger partial charge in [-0.25, -0.2) is 0 Å². The van der Waals surface area contributed by atoms with Crippen molar-refractivity contribution in [2.45, 2.75) is 0 Å². The summed E-state index contributed by atoms with van der Waals surface area (Å²) < 4.78 is 2.57. The largest absolute Gasteiger partial charge is 0.350 e. The number of fused-ring (bicyclic) bond motifs is 1. The van der Waals surface area contributed by atoms with Crippen LogP contribution in [-0.4, -0.2) is 16.3 Å². The molecule has 0 radical (unpaired) electrons. The highest BCUT2D eigenvalue weighted by Crippen LogP contribution is 2.23. The Morgan fingerprint density at radius 1 is 1.05 bits per heavy atom. The van der Waals surface area contributed by atoms with Crippen LogP contribution in [0.15, 0.2) is 59.2 Å². The zero-order chi connectivity index (χ0) is 15.7. The lowest BCUT2D eigenvalue weighted by Crippen LogP contribution is -2.22. The molecule has 0 aliphatic carbocycles. The maximum Gasteiger partial charge on any atom is 0.296 e. The van der Waals surface area contributed by atoms with Gasteiger partial charge in [-0.2, -0.15) is 0 Å². The second-order valence-electron chi connectivity index (χ2n) is 4.93. The molecule has 0 unspecified atom stereocenters. The van der Waals surface area contributed by atoms with Gasteiger partial charge < -0.3 is 9.88 Å². The number of rotatable bonds is 3. The van der Waals surface area contributed by atoms with E-state index >= 15 is 0 Å². The first-order valence-electron chi connectivity index (χ1n) is 6.72. The van der Waals surface area contributed by atoms with Gasteiger partial charge in [0.15, 0.2) is 0 Å². The van der Waals surface area contributed by atoms with Gasteiger partial charge in [-0.3, -0.25) is 9.59 Å². The van der Waals surface area contributed by atoms with Gasteiger partial charge in [0.2, 0.25) is 0 Å². The second kappa shape index (κ2) is 5.77. The monoisotopic (exact) mass is 356 g/mol. The number of nitrogens with zero attached hydrogens (tertiary/aromatic N) is 1. The number of hydrogen-bond acceptors (Lipinski definition) is 2. The fourth-order valence-corrected chi connectivity index (χ4v) is 2.77. The molecule has 0 bridgehead atoms. The van der Waals surface area contributed by atoms with Gasteiger partial charge in [-0.15, -0.1) is 0 Å². The molecule has 2 aromatic carbocycles. The lowest BCUT2D eigenvalue weighted by molar-refractivity contribution is -0.112. The van der Waals surface area contributed by atoms with E-state index in [4.69, 9.17) is 0 Å². The normalized spacial score (nSPS) is 10.6. The SMILES string of the molecule is Cn1cc(C(=O)C(=O)Nc2ccccc2Br)c2ccccc21. The van der Waals surface area contributed by atoms with E-state index in [2.05, 4.69) is 21.2 Å². The van der Waals surface area contributed by atoms with Crippen LogP contribution >= 0.6 is 15.9 Å². The van der Waals surface area contributed by atoms with Gasteiger partial charge in [-0.05, 0) is 34.1 Å². The average Bonchev–Trinajstić information content (AvgIpc) is 2.86. The van der Waals surface area contributed by atoms with Crippen molar-refractivity contribution in [3.63, 3.8) is 0 Å². The molecule has 0 saturated heterocycles. The molecular formula is C17H13BrN2O2. The first-order valence-corrected chi connectivity index (χ1v) is 7.51. The third kappa shape index (κ3) is 2.55. The number of anilines is 1. The summed E-state index contributed by atoms with van der Waals surface area (Å²) in [6.07, 6.45) is 1.69. The van der Waals surface area contributed by atoms with Crippen LogP contribution in [0.25, 0.3) is 10.9 Å². The third-order valence-corrected chi connectivity index (χ3v) is 4.16. The van der Waals surface area contributed by atoms with Crippen molar-refractivity contribution in [2.24, 2.45) is 7.05 Å². The molecule has 1 aromatic heterocycles. The fraction of sp³-hybridized carbons (Fsp3) is 0.0588. The molecule has 1 amide bonds. The number of carbonyl (C=O) groups excluding carboxylic acids is 2. The molecule has 110 valence electrons. The van der Waals surface area contributed by atoms with Crippen molar-refractivity contribution in [1.82, 2.24) is 4.57 Å². The number of nitrogens with one attached hydrogen (secondary N) is 1. The van der Waals surface area contributed by atoms with Crippen molar-refractivity contribution in [1.29, 1.82) is 0 Å². The lowest BCUT2D eigenvalue weighted by atomic mass is 10.1. The standard InChI is InChI=1S/C17H13BrN2O2/c1-20-10-12(11-6-2-5-9-15(11)20)16(21)17(22)19-14-8-4-3-7-13(14)18/h2-10H,1H3,(H,19,22). The molecule has 0 atom stereocenters. The minimum atomic E-state index is -0.650. The van der Waals surface area contributed by atoms with Crippen LogP contribution in [0.2, 0.25) is 0 Å². The van der Waals surface area contributed by atoms with E-state index in [0.717, 1.165) is 15.4 Å². The number of hydrogen-bond donors (Lipinski definition) is 1. The predicted molar refractivity (Wildman–Crippen MR) is 90.0 cm³/mol. The summed E-state index contributed by atoms with van der Waals surface area (Å²) in [5.41, 5.74) is 1.89. The molecule has 4 nitrogen and oxygen atoms in total. The smallest absolute Gasteiger partial charge is 0.296 e. The number of amides is 1. The van der Waals surface area contributed by atoms with Crippen molar-refractivity contribution in [2.75, 3.05) is 5.32 Å². The van der Waals surface area contributed by atoms with Crippen LogP contribution in [-0.2, 0) is 11.8 Å². The van der Waals surface area contributed by atoms with Crippen LogP contribution in [0.4, 0.5) is 5.69 Å². The predicted octanol–water partition coefficient (Wildman–Crippen LogP) is 3.76. The Balaban J connectivity index is 1.93. The van der Waals surface area contributed by atoms with Crippen molar-refractivity contribution < 1.29 is 9.59 Å². The summed E-state index contributed by atoms with van der Waals surface area (Å²) in [7, 11) is 1.85. The Hall–Kier alpha value is -2.40. The molecule has 1 N–H and O–H groups in total. The Labute approximate surface area is 135 Å². The summed E-state index contributed by atoms with van der Waals surface area (Å²) in [5, 5.41) is 3.41. The molecule has 0 spiro atoms. The molecule has 0 saturated carbocycles. The zero-order valence-corrected chi connectivity index (χ0v) is 13.4. The Morgan fingerprint density at radius 2 is 1.73 bits per heavy atom. The number of para-hydroxylation sites is 2. The number of ketones is 1. The lowest BCUT2D eigenvalue weighted by Gasteiger charge is -2.05. The number of benzene rings is 2. The number of aryl methyl sites for hydroxylation is 1. The average molecular weight is 357 g/mol. The topological polar surface area (TPSA) is 51.1 Å². The Bertz CT molecular complexity index is 883. The molecule has 22 heavy (non-hydrogen) atoms. The minimum absolute atomic E-state index is 0.405. The van der Waals surface area contributed by atoms with Gasteiger partial charge in [0.05, 0.1) is 11.3 Å². The molecule has 5 heteroatoms. The first-order chi connectivity index (χ1) is 10.6. The van der Waals surface area contributed by atoms with Gasteiger partial charge in [0.25, 0.3) is 11.7 Å². The quantitative estimate of drug-likeness (QED) is 0.573. The molecule has 3 rings (SSSR count). The van der Waals surface area contributed by atoms with Crippen LogP contribution in [0.3, 0.4) is 0 Å². The van der Waals surface area contributed by atoms with Gasteiger partial charge in [0.1, 0.15) is 0 Å². The Kier molecular flexibility index (Phi) is 3.81. The summed E-state index contributed by atoms with van der Waals surface area (Å²) in [6, 6.07) is 14.7. The van der Waals surface area contributed by atoms with Crippen molar-refractivity contribution in [3.05, 3.63) is 64.8 Å². The van der Waals surface area contributed by atoms with Crippen molar-refractivity contribution in [3.8, 4) is 0 Å². The molecule has 0 fully saturated rings. The van der Waals surface area contributed by atoms with Gasteiger partial charge in [0, 0.05) is 28.6 Å². The van der Waals surface area contributed by atoms with E-state index < -0.39 is 11.7 Å². The summed E-state index contributed by atoms with van der Waals surface area (Å²) in [6.45, 7) is 0. The fourth-order valence-electron chi connectivity index (χ4n) is 2.39. The zero-order valence-electron chi connectivity index (χ0n) is 11.8. The van der Waals surface area contributed by atoms with Crippen LogP contribution in [0.5, 0.6) is 0 Å². The molecule has 0 aliphatic heterocycles.